The number of halogens is 2. The van der Waals surface area contributed by atoms with Crippen molar-refractivity contribution < 1.29 is 19.3 Å². The van der Waals surface area contributed by atoms with Crippen molar-refractivity contribution in [2.45, 2.75) is 32.3 Å². The van der Waals surface area contributed by atoms with Crippen LogP contribution < -0.4 is 9.47 Å². The number of hydrogen-bond donors (Lipinski definition) is 1. The van der Waals surface area contributed by atoms with E-state index in [-0.39, 0.29) is 12.0 Å². The SMILES string of the molecule is CC(CCl)COc1ccc(C(C)(C)c2ccc(OCC(O)CN3CCOCC3)cc2)cc1[123I]. The van der Waals surface area contributed by atoms with E-state index in [2.05, 4.69) is 72.5 Å². The maximum atomic E-state index is 10.3. The molecule has 2 atom stereocenters. The Balaban J connectivity index is 1.57. The Kier molecular flexibility index (Phi) is 10.1. The first-order valence-corrected chi connectivity index (χ1v) is 13.1. The molecule has 0 spiro atoms. The normalized spacial score (nSPS) is 16.9. The quantitative estimate of drug-likeness (QED) is 0.300. The topological polar surface area (TPSA) is 51.2 Å². The Morgan fingerprint density at radius 1 is 1.06 bits per heavy atom. The first kappa shape index (κ1) is 26.5. The van der Waals surface area contributed by atoms with Crippen LogP contribution in [0.5, 0.6) is 11.5 Å². The average Bonchev–Trinajstić information content (AvgIpc) is 2.82. The molecule has 0 aliphatic carbocycles. The number of morpholine rings is 1. The molecule has 7 heteroatoms. The molecule has 1 heterocycles. The molecule has 1 aliphatic rings. The summed E-state index contributed by atoms with van der Waals surface area (Å²) in [6.45, 7) is 11.2. The fraction of sp³-hybridized carbons (Fsp3) is 0.538. The van der Waals surface area contributed by atoms with Gasteiger partial charge in [0.25, 0.3) is 0 Å². The number of alkyl halides is 1. The molecule has 0 amide bonds. The van der Waals surface area contributed by atoms with Crippen LogP contribution in [0.15, 0.2) is 42.5 Å². The van der Waals surface area contributed by atoms with E-state index in [1.807, 2.05) is 18.2 Å². The maximum absolute atomic E-state index is 10.3. The number of aliphatic hydroxyl groups is 1. The molecule has 0 bridgehead atoms. The molecule has 182 valence electrons. The Morgan fingerprint density at radius 3 is 2.36 bits per heavy atom. The molecular weight excluding hydrogens is 549 g/mol. The zero-order valence-corrected chi connectivity index (χ0v) is 22.6. The highest BCUT2D eigenvalue weighted by Crippen LogP contribution is 2.35. The predicted molar refractivity (Wildman–Crippen MR) is 142 cm³/mol. The van der Waals surface area contributed by atoms with Gasteiger partial charge in [-0.25, -0.2) is 0 Å². The first-order valence-electron chi connectivity index (χ1n) is 11.5. The van der Waals surface area contributed by atoms with E-state index in [1.165, 1.54) is 11.1 Å². The highest BCUT2D eigenvalue weighted by atomic mass is 123. The van der Waals surface area contributed by atoms with Gasteiger partial charge in [-0.3, -0.25) is 4.90 Å². The molecule has 33 heavy (non-hydrogen) atoms. The monoisotopic (exact) mass is 583 g/mol. The second-order valence-electron chi connectivity index (χ2n) is 9.24. The molecule has 2 aromatic rings. The standard InChI is InChI=1S/C26H35ClINO4/c1-19(15-27)17-33-25-9-6-21(14-24(25)28)26(2,3)20-4-7-23(8-5-20)32-18-22(30)16-29-10-12-31-13-11-29/h4-9,14,19,22,30H,10-13,15-18H2,1-3H3/i28-4. The van der Waals surface area contributed by atoms with Crippen LogP contribution >= 0.6 is 34.2 Å². The summed E-state index contributed by atoms with van der Waals surface area (Å²) in [5.74, 6) is 2.57. The number of hydrogen-bond acceptors (Lipinski definition) is 5. The zero-order valence-electron chi connectivity index (χ0n) is 19.7. The molecule has 2 aromatic carbocycles. The summed E-state index contributed by atoms with van der Waals surface area (Å²) in [5.41, 5.74) is 2.25. The fourth-order valence-electron chi connectivity index (χ4n) is 3.74. The van der Waals surface area contributed by atoms with Gasteiger partial charge in [0.15, 0.2) is 0 Å². The number of β-amino-alcohol motifs (C(OH)–C–C–N with tert-alkyl or cyclic N) is 1. The van der Waals surface area contributed by atoms with Crippen LogP contribution in [0.2, 0.25) is 0 Å². The Labute approximate surface area is 216 Å². The maximum Gasteiger partial charge on any atom is 0.132 e. The molecule has 0 saturated carbocycles. The van der Waals surface area contributed by atoms with E-state index in [1.54, 1.807) is 0 Å². The molecule has 1 saturated heterocycles. The van der Waals surface area contributed by atoms with E-state index in [0.29, 0.717) is 24.9 Å². The molecule has 1 fully saturated rings. The smallest absolute Gasteiger partial charge is 0.132 e. The van der Waals surface area contributed by atoms with E-state index in [9.17, 15) is 5.11 Å². The lowest BCUT2D eigenvalue weighted by Gasteiger charge is -2.28. The molecule has 0 radical (unpaired) electrons. The highest BCUT2D eigenvalue weighted by Gasteiger charge is 2.24. The molecule has 0 aromatic heterocycles. The van der Waals surface area contributed by atoms with Gasteiger partial charge in [0.1, 0.15) is 24.2 Å². The summed E-state index contributed by atoms with van der Waals surface area (Å²) < 4.78 is 18.2. The minimum Gasteiger partial charge on any atom is -0.492 e. The van der Waals surface area contributed by atoms with Crippen molar-refractivity contribution >= 4 is 34.2 Å². The summed E-state index contributed by atoms with van der Waals surface area (Å²) in [7, 11) is 0. The lowest BCUT2D eigenvalue weighted by atomic mass is 9.78. The molecule has 5 nitrogen and oxygen atoms in total. The van der Waals surface area contributed by atoms with E-state index < -0.39 is 6.10 Å². The van der Waals surface area contributed by atoms with Gasteiger partial charge < -0.3 is 19.3 Å². The Morgan fingerprint density at radius 2 is 1.73 bits per heavy atom. The minimum absolute atomic E-state index is 0.170. The molecule has 1 aliphatic heterocycles. The van der Waals surface area contributed by atoms with Gasteiger partial charge in [-0.15, -0.1) is 11.6 Å². The highest BCUT2D eigenvalue weighted by molar-refractivity contribution is 14.1. The lowest BCUT2D eigenvalue weighted by molar-refractivity contribution is 0.00465. The predicted octanol–water partition coefficient (Wildman–Crippen LogP) is 4.94. The van der Waals surface area contributed by atoms with Crippen molar-refractivity contribution in [3.63, 3.8) is 0 Å². The van der Waals surface area contributed by atoms with Crippen LogP contribution in [-0.2, 0) is 10.2 Å². The average molecular weight is 584 g/mol. The number of rotatable bonds is 11. The van der Waals surface area contributed by atoms with Crippen LogP contribution in [-0.4, -0.2) is 68.1 Å². The Bertz CT molecular complexity index is 871. The van der Waals surface area contributed by atoms with Gasteiger partial charge in [-0.05, 0) is 58.0 Å². The zero-order chi connectivity index (χ0) is 23.8. The van der Waals surface area contributed by atoms with Gasteiger partial charge in [-0.1, -0.05) is 39.0 Å². The van der Waals surface area contributed by atoms with Crippen molar-refractivity contribution in [3.8, 4) is 11.5 Å². The summed E-state index contributed by atoms with van der Waals surface area (Å²) in [4.78, 5) is 2.21. The van der Waals surface area contributed by atoms with Gasteiger partial charge in [0, 0.05) is 36.8 Å². The Hall–Kier alpha value is -1.06. The third kappa shape index (κ3) is 7.72. The second kappa shape index (κ2) is 12.6. The van der Waals surface area contributed by atoms with Gasteiger partial charge in [-0.2, -0.15) is 0 Å². The minimum atomic E-state index is -0.519. The number of nitrogens with zero attached hydrogens (tertiary/aromatic N) is 1. The van der Waals surface area contributed by atoms with Crippen LogP contribution in [0.25, 0.3) is 0 Å². The van der Waals surface area contributed by atoms with Crippen molar-refractivity contribution in [2.75, 3.05) is 51.9 Å². The van der Waals surface area contributed by atoms with E-state index in [4.69, 9.17) is 25.8 Å². The van der Waals surface area contributed by atoms with Crippen LogP contribution in [0, 0.1) is 9.49 Å². The second-order valence-corrected chi connectivity index (χ2v) is 10.7. The van der Waals surface area contributed by atoms with Crippen molar-refractivity contribution in [1.82, 2.24) is 4.90 Å². The number of ether oxygens (including phenoxy) is 3. The van der Waals surface area contributed by atoms with Gasteiger partial charge in [0.05, 0.1) is 23.4 Å². The summed E-state index contributed by atoms with van der Waals surface area (Å²) >= 11 is 8.22. The molecule has 3 rings (SSSR count). The summed E-state index contributed by atoms with van der Waals surface area (Å²) in [6.07, 6.45) is -0.519. The van der Waals surface area contributed by atoms with E-state index in [0.717, 1.165) is 41.4 Å². The third-order valence-electron chi connectivity index (χ3n) is 6.03. The van der Waals surface area contributed by atoms with Crippen LogP contribution in [0.3, 0.4) is 0 Å². The van der Waals surface area contributed by atoms with E-state index >= 15 is 0 Å². The largest absolute Gasteiger partial charge is 0.492 e. The van der Waals surface area contributed by atoms with Gasteiger partial charge >= 0.3 is 0 Å². The van der Waals surface area contributed by atoms with Gasteiger partial charge in [0.2, 0.25) is 0 Å². The van der Waals surface area contributed by atoms with Crippen molar-refractivity contribution in [1.29, 1.82) is 0 Å². The summed E-state index contributed by atoms with van der Waals surface area (Å²) in [6, 6.07) is 14.5. The lowest BCUT2D eigenvalue weighted by Crippen LogP contribution is -2.42. The number of benzene rings is 2. The van der Waals surface area contributed by atoms with Crippen LogP contribution in [0.1, 0.15) is 31.9 Å². The molecular formula is C26H35ClINO4. The number of aliphatic hydroxyl groups excluding tert-OH is 1. The molecule has 2 unspecified atom stereocenters. The van der Waals surface area contributed by atoms with Crippen molar-refractivity contribution in [3.05, 3.63) is 57.2 Å². The van der Waals surface area contributed by atoms with Crippen molar-refractivity contribution in [2.24, 2.45) is 5.92 Å². The molecule has 1 N–H and O–H groups in total. The fourth-order valence-corrected chi connectivity index (χ4v) is 4.50. The summed E-state index contributed by atoms with van der Waals surface area (Å²) in [5, 5.41) is 10.3. The first-order chi connectivity index (χ1) is 15.8. The third-order valence-corrected chi connectivity index (χ3v) is 7.40. The van der Waals surface area contributed by atoms with Crippen LogP contribution in [0.4, 0.5) is 0 Å².